The standard InChI is InChI=1S/C25H28BrNO2/c1-4-28-24-15-21(16-27-19(3)22-8-6-5-7-9-22)14-23(26)25(24)29-17-20-12-10-18(2)11-13-20/h5-15,19,27H,4,16-17H2,1-3H3/t19-/m0/s1. The topological polar surface area (TPSA) is 30.5 Å². The van der Waals surface area contributed by atoms with Crippen LogP contribution in [0.15, 0.2) is 71.2 Å². The first-order valence-electron chi connectivity index (χ1n) is 9.98. The van der Waals surface area contributed by atoms with Gasteiger partial charge in [0, 0.05) is 12.6 Å². The van der Waals surface area contributed by atoms with Gasteiger partial charge in [-0.3, -0.25) is 0 Å². The summed E-state index contributed by atoms with van der Waals surface area (Å²) in [7, 11) is 0. The van der Waals surface area contributed by atoms with Gasteiger partial charge in [-0.2, -0.15) is 0 Å². The quantitative estimate of drug-likeness (QED) is 0.396. The Morgan fingerprint density at radius 2 is 1.66 bits per heavy atom. The molecule has 0 spiro atoms. The minimum absolute atomic E-state index is 0.267. The van der Waals surface area contributed by atoms with Crippen molar-refractivity contribution in [2.24, 2.45) is 0 Å². The summed E-state index contributed by atoms with van der Waals surface area (Å²) in [5.41, 5.74) is 4.79. The molecule has 0 saturated heterocycles. The Bertz CT molecular complexity index is 910. The van der Waals surface area contributed by atoms with E-state index in [0.717, 1.165) is 33.6 Å². The first kappa shape index (κ1) is 21.4. The van der Waals surface area contributed by atoms with Crippen LogP contribution in [0.4, 0.5) is 0 Å². The molecule has 0 bridgehead atoms. The Morgan fingerprint density at radius 3 is 2.34 bits per heavy atom. The molecule has 0 saturated carbocycles. The van der Waals surface area contributed by atoms with Crippen LogP contribution in [0.1, 0.15) is 42.1 Å². The Balaban J connectivity index is 1.70. The maximum absolute atomic E-state index is 6.10. The van der Waals surface area contributed by atoms with Crippen LogP contribution in [0, 0.1) is 6.92 Å². The van der Waals surface area contributed by atoms with E-state index < -0.39 is 0 Å². The third kappa shape index (κ3) is 6.09. The highest BCUT2D eigenvalue weighted by Crippen LogP contribution is 2.37. The van der Waals surface area contributed by atoms with Crippen molar-refractivity contribution in [3.05, 3.63) is 93.5 Å². The molecule has 0 aliphatic rings. The molecule has 152 valence electrons. The van der Waals surface area contributed by atoms with E-state index in [2.05, 4.69) is 95.8 Å². The van der Waals surface area contributed by atoms with Crippen LogP contribution in [0.25, 0.3) is 0 Å². The van der Waals surface area contributed by atoms with Crippen LogP contribution >= 0.6 is 15.9 Å². The SMILES string of the molecule is CCOc1cc(CN[C@@H](C)c2ccccc2)cc(Br)c1OCc1ccc(C)cc1. The van der Waals surface area contributed by atoms with Crippen molar-refractivity contribution in [2.45, 2.75) is 40.0 Å². The van der Waals surface area contributed by atoms with Gasteiger partial charge < -0.3 is 14.8 Å². The molecule has 29 heavy (non-hydrogen) atoms. The molecular formula is C25H28BrNO2. The van der Waals surface area contributed by atoms with Gasteiger partial charge in [0.25, 0.3) is 0 Å². The molecule has 0 aliphatic heterocycles. The van der Waals surface area contributed by atoms with E-state index in [4.69, 9.17) is 9.47 Å². The molecule has 0 radical (unpaired) electrons. The average Bonchev–Trinajstić information content (AvgIpc) is 2.73. The zero-order chi connectivity index (χ0) is 20.6. The molecular weight excluding hydrogens is 426 g/mol. The number of benzene rings is 3. The first-order valence-corrected chi connectivity index (χ1v) is 10.8. The first-order chi connectivity index (χ1) is 14.1. The highest BCUT2D eigenvalue weighted by molar-refractivity contribution is 9.10. The molecule has 0 aromatic heterocycles. The molecule has 3 aromatic rings. The van der Waals surface area contributed by atoms with E-state index in [1.54, 1.807) is 0 Å². The van der Waals surface area contributed by atoms with Gasteiger partial charge in [-0.05, 0) is 65.5 Å². The molecule has 3 nitrogen and oxygen atoms in total. The van der Waals surface area contributed by atoms with Gasteiger partial charge in [-0.25, -0.2) is 0 Å². The van der Waals surface area contributed by atoms with E-state index in [1.165, 1.54) is 11.1 Å². The summed E-state index contributed by atoms with van der Waals surface area (Å²) in [5.74, 6) is 1.51. The number of ether oxygens (including phenoxy) is 2. The van der Waals surface area contributed by atoms with E-state index in [0.29, 0.717) is 13.2 Å². The number of nitrogens with one attached hydrogen (secondary N) is 1. The van der Waals surface area contributed by atoms with Gasteiger partial charge in [0.1, 0.15) is 6.61 Å². The summed E-state index contributed by atoms with van der Waals surface area (Å²) in [4.78, 5) is 0. The summed E-state index contributed by atoms with van der Waals surface area (Å²) in [6.45, 7) is 8.08. The number of hydrogen-bond acceptors (Lipinski definition) is 3. The molecule has 0 fully saturated rings. The lowest BCUT2D eigenvalue weighted by Crippen LogP contribution is -2.18. The predicted molar refractivity (Wildman–Crippen MR) is 123 cm³/mol. The second-order valence-corrected chi connectivity index (χ2v) is 7.98. The van der Waals surface area contributed by atoms with Crippen molar-refractivity contribution in [3.8, 4) is 11.5 Å². The van der Waals surface area contributed by atoms with Crippen LogP contribution in [-0.4, -0.2) is 6.61 Å². The van der Waals surface area contributed by atoms with Crippen molar-refractivity contribution < 1.29 is 9.47 Å². The lowest BCUT2D eigenvalue weighted by molar-refractivity contribution is 0.267. The fourth-order valence-electron chi connectivity index (χ4n) is 3.10. The van der Waals surface area contributed by atoms with E-state index in [-0.39, 0.29) is 6.04 Å². The average molecular weight is 454 g/mol. The van der Waals surface area contributed by atoms with Gasteiger partial charge in [0.2, 0.25) is 0 Å². The smallest absolute Gasteiger partial charge is 0.175 e. The third-order valence-corrected chi connectivity index (χ3v) is 5.37. The highest BCUT2D eigenvalue weighted by Gasteiger charge is 2.13. The molecule has 3 aromatic carbocycles. The lowest BCUT2D eigenvalue weighted by Gasteiger charge is -2.18. The highest BCUT2D eigenvalue weighted by atomic mass is 79.9. The van der Waals surface area contributed by atoms with Gasteiger partial charge in [-0.15, -0.1) is 0 Å². The maximum atomic E-state index is 6.10. The normalized spacial score (nSPS) is 11.9. The second-order valence-electron chi connectivity index (χ2n) is 7.13. The summed E-state index contributed by atoms with van der Waals surface area (Å²) in [6, 6.07) is 23.2. The fourth-order valence-corrected chi connectivity index (χ4v) is 3.70. The number of hydrogen-bond donors (Lipinski definition) is 1. The Kier molecular flexibility index (Phi) is 7.73. The zero-order valence-electron chi connectivity index (χ0n) is 17.2. The van der Waals surface area contributed by atoms with Crippen LogP contribution in [0.5, 0.6) is 11.5 Å². The summed E-state index contributed by atoms with van der Waals surface area (Å²) in [5, 5.41) is 3.58. The third-order valence-electron chi connectivity index (χ3n) is 4.78. The van der Waals surface area contributed by atoms with Gasteiger partial charge in [0.05, 0.1) is 11.1 Å². The molecule has 3 rings (SSSR count). The number of rotatable bonds is 9. The minimum Gasteiger partial charge on any atom is -0.490 e. The maximum Gasteiger partial charge on any atom is 0.175 e. The molecule has 1 atom stereocenters. The van der Waals surface area contributed by atoms with Gasteiger partial charge in [0.15, 0.2) is 11.5 Å². The van der Waals surface area contributed by atoms with Crippen LogP contribution in [-0.2, 0) is 13.2 Å². The largest absolute Gasteiger partial charge is 0.490 e. The number of halogens is 1. The molecule has 1 N–H and O–H groups in total. The fraction of sp³-hybridized carbons (Fsp3) is 0.280. The van der Waals surface area contributed by atoms with E-state index in [9.17, 15) is 0 Å². The zero-order valence-corrected chi connectivity index (χ0v) is 18.8. The predicted octanol–water partition coefficient (Wildman–Crippen LogP) is 6.59. The summed E-state index contributed by atoms with van der Waals surface area (Å²) in [6.07, 6.45) is 0. The molecule has 0 unspecified atom stereocenters. The second kappa shape index (κ2) is 10.5. The molecule has 0 amide bonds. The van der Waals surface area contributed by atoms with E-state index in [1.807, 2.05) is 13.0 Å². The molecule has 0 aliphatic carbocycles. The number of aryl methyl sites for hydroxylation is 1. The minimum atomic E-state index is 0.267. The van der Waals surface area contributed by atoms with Crippen molar-refractivity contribution in [2.75, 3.05) is 6.61 Å². The Labute approximate surface area is 182 Å². The molecule has 4 heteroatoms. The Hall–Kier alpha value is -2.30. The van der Waals surface area contributed by atoms with Crippen LogP contribution < -0.4 is 14.8 Å². The summed E-state index contributed by atoms with van der Waals surface area (Å²) < 4.78 is 12.9. The molecule has 0 heterocycles. The Morgan fingerprint density at radius 1 is 0.931 bits per heavy atom. The lowest BCUT2D eigenvalue weighted by atomic mass is 10.1. The van der Waals surface area contributed by atoms with Crippen molar-refractivity contribution in [1.82, 2.24) is 5.32 Å². The van der Waals surface area contributed by atoms with Crippen molar-refractivity contribution >= 4 is 15.9 Å². The van der Waals surface area contributed by atoms with Crippen molar-refractivity contribution in [1.29, 1.82) is 0 Å². The van der Waals surface area contributed by atoms with Gasteiger partial charge in [-0.1, -0.05) is 60.2 Å². The monoisotopic (exact) mass is 453 g/mol. The summed E-state index contributed by atoms with van der Waals surface area (Å²) >= 11 is 3.67. The van der Waals surface area contributed by atoms with E-state index >= 15 is 0 Å². The van der Waals surface area contributed by atoms with Crippen LogP contribution in [0.2, 0.25) is 0 Å². The van der Waals surface area contributed by atoms with Crippen LogP contribution in [0.3, 0.4) is 0 Å². The van der Waals surface area contributed by atoms with Crippen molar-refractivity contribution in [3.63, 3.8) is 0 Å². The van der Waals surface area contributed by atoms with Gasteiger partial charge >= 0.3 is 0 Å².